The minimum Gasteiger partial charge on any atom is -0.463 e. The molecule has 7 nitrogen and oxygen atoms in total. The number of nitrogens with one attached hydrogen (secondary N) is 1. The van der Waals surface area contributed by atoms with Gasteiger partial charge in [0.1, 0.15) is 0 Å². The van der Waals surface area contributed by atoms with E-state index in [2.05, 4.69) is 10.3 Å². The van der Waals surface area contributed by atoms with Crippen molar-refractivity contribution < 1.29 is 18.7 Å². The molecule has 0 aliphatic heterocycles. The summed E-state index contributed by atoms with van der Waals surface area (Å²) in [6, 6.07) is 17.3. The van der Waals surface area contributed by atoms with Crippen molar-refractivity contribution in [2.45, 2.75) is 13.8 Å². The molecule has 0 radical (unpaired) electrons. The molecule has 1 heterocycles. The molecule has 0 saturated carbocycles. The number of para-hydroxylation sites is 1. The predicted octanol–water partition coefficient (Wildman–Crippen LogP) is 6.39. The van der Waals surface area contributed by atoms with Gasteiger partial charge in [-0.05, 0) is 66.1 Å². The number of ether oxygens (including phenoxy) is 1. The quantitative estimate of drug-likeness (QED) is 0.239. The lowest BCUT2D eigenvalue weighted by Gasteiger charge is -2.19. The first-order chi connectivity index (χ1) is 16.9. The number of aromatic nitrogens is 1. The van der Waals surface area contributed by atoms with Crippen LogP contribution in [0.3, 0.4) is 0 Å². The van der Waals surface area contributed by atoms with Crippen molar-refractivity contribution in [2.24, 2.45) is 0 Å². The van der Waals surface area contributed by atoms with E-state index < -0.39 is 0 Å². The van der Waals surface area contributed by atoms with Gasteiger partial charge in [-0.3, -0.25) is 4.79 Å². The summed E-state index contributed by atoms with van der Waals surface area (Å²) in [4.78, 5) is 30.1. The van der Waals surface area contributed by atoms with E-state index >= 15 is 0 Å². The Balaban J connectivity index is 1.48. The first-order valence-electron chi connectivity index (χ1n) is 11.0. The van der Waals surface area contributed by atoms with Crippen molar-refractivity contribution in [3.05, 3.63) is 88.8 Å². The van der Waals surface area contributed by atoms with Gasteiger partial charge in [-0.2, -0.15) is 0 Å². The summed E-state index contributed by atoms with van der Waals surface area (Å²) in [7, 11) is 1.64. The standard InChI is InChI=1S/C27H24ClN3O4/c1-4-34-24(32)13-9-18-8-10-20-15-21(12-11-19(20)14-18)30-27-29-16-23(35-27)26(33)31(3)25-17(2)6-5-7-22(25)28/h5-16H,4H2,1-3H3,(H,29,30)/b13-9+. The molecule has 35 heavy (non-hydrogen) atoms. The first-order valence-corrected chi connectivity index (χ1v) is 11.4. The lowest BCUT2D eigenvalue weighted by atomic mass is 10.1. The van der Waals surface area contributed by atoms with Crippen LogP contribution in [-0.2, 0) is 9.53 Å². The SMILES string of the molecule is CCOC(=O)/C=C/c1ccc2cc(Nc3ncc(C(=O)N(C)c4c(C)cccc4Cl)o3)ccc2c1. The molecular weight excluding hydrogens is 466 g/mol. The van der Waals surface area contributed by atoms with Crippen LogP contribution in [0, 0.1) is 6.92 Å². The highest BCUT2D eigenvalue weighted by Gasteiger charge is 2.21. The van der Waals surface area contributed by atoms with Crippen LogP contribution in [0.5, 0.6) is 0 Å². The molecule has 4 rings (SSSR count). The van der Waals surface area contributed by atoms with Crippen LogP contribution in [-0.4, -0.2) is 30.5 Å². The number of oxazole rings is 1. The number of aryl methyl sites for hydroxylation is 1. The second-order valence-electron chi connectivity index (χ2n) is 7.83. The molecule has 178 valence electrons. The maximum Gasteiger partial charge on any atom is 0.330 e. The van der Waals surface area contributed by atoms with Gasteiger partial charge in [0.25, 0.3) is 11.9 Å². The second-order valence-corrected chi connectivity index (χ2v) is 8.24. The number of fused-ring (bicyclic) bond motifs is 1. The third kappa shape index (κ3) is 5.53. The zero-order valence-electron chi connectivity index (χ0n) is 19.5. The Hall–Kier alpha value is -4.10. The van der Waals surface area contributed by atoms with Crippen molar-refractivity contribution in [2.75, 3.05) is 23.9 Å². The lowest BCUT2D eigenvalue weighted by Crippen LogP contribution is -2.26. The van der Waals surface area contributed by atoms with E-state index in [9.17, 15) is 9.59 Å². The fraction of sp³-hybridized carbons (Fsp3) is 0.148. The van der Waals surface area contributed by atoms with Crippen molar-refractivity contribution in [1.29, 1.82) is 0 Å². The van der Waals surface area contributed by atoms with Crippen LogP contribution >= 0.6 is 11.6 Å². The summed E-state index contributed by atoms with van der Waals surface area (Å²) < 4.78 is 10.6. The lowest BCUT2D eigenvalue weighted by molar-refractivity contribution is -0.137. The highest BCUT2D eigenvalue weighted by molar-refractivity contribution is 6.34. The average Bonchev–Trinajstić information content (AvgIpc) is 3.30. The Labute approximate surface area is 208 Å². The van der Waals surface area contributed by atoms with Gasteiger partial charge in [-0.1, -0.05) is 41.9 Å². The van der Waals surface area contributed by atoms with Crippen molar-refractivity contribution in [3.63, 3.8) is 0 Å². The summed E-state index contributed by atoms with van der Waals surface area (Å²) in [6.45, 7) is 4.00. The highest BCUT2D eigenvalue weighted by atomic mass is 35.5. The number of hydrogen-bond donors (Lipinski definition) is 1. The molecule has 0 bridgehead atoms. The summed E-state index contributed by atoms with van der Waals surface area (Å²) in [5.41, 5.74) is 3.14. The number of carbonyl (C=O) groups is 2. The second kappa shape index (κ2) is 10.4. The van der Waals surface area contributed by atoms with Crippen LogP contribution in [0.2, 0.25) is 5.02 Å². The topological polar surface area (TPSA) is 84.7 Å². The maximum atomic E-state index is 12.9. The number of carbonyl (C=O) groups excluding carboxylic acids is 2. The van der Waals surface area contributed by atoms with Gasteiger partial charge in [0.05, 0.1) is 23.5 Å². The number of nitrogens with zero attached hydrogens (tertiary/aromatic N) is 2. The van der Waals surface area contributed by atoms with Crippen molar-refractivity contribution in [1.82, 2.24) is 4.98 Å². The Morgan fingerprint density at radius 2 is 1.91 bits per heavy atom. The minimum absolute atomic E-state index is 0.0909. The monoisotopic (exact) mass is 489 g/mol. The van der Waals surface area contributed by atoms with Gasteiger partial charge >= 0.3 is 5.97 Å². The molecule has 1 amide bonds. The molecule has 0 spiro atoms. The van der Waals surface area contributed by atoms with Gasteiger partial charge in [0.15, 0.2) is 0 Å². The van der Waals surface area contributed by atoms with Crippen LogP contribution in [0.25, 0.3) is 16.8 Å². The van der Waals surface area contributed by atoms with Gasteiger partial charge < -0.3 is 19.4 Å². The van der Waals surface area contributed by atoms with Crippen molar-refractivity contribution >= 4 is 57.7 Å². The van der Waals surface area contributed by atoms with Gasteiger partial charge in [-0.25, -0.2) is 9.78 Å². The molecule has 1 N–H and O–H groups in total. The van der Waals surface area contributed by atoms with Crippen LogP contribution in [0.15, 0.2) is 71.3 Å². The van der Waals surface area contributed by atoms with E-state index in [1.165, 1.54) is 17.2 Å². The number of esters is 1. The zero-order chi connectivity index (χ0) is 24.9. The third-order valence-electron chi connectivity index (χ3n) is 5.36. The summed E-state index contributed by atoms with van der Waals surface area (Å²) in [6.07, 6.45) is 4.51. The van der Waals surface area contributed by atoms with E-state index in [1.807, 2.05) is 55.5 Å². The van der Waals surface area contributed by atoms with Crippen LogP contribution < -0.4 is 10.2 Å². The minimum atomic E-state index is -0.371. The highest BCUT2D eigenvalue weighted by Crippen LogP contribution is 2.30. The molecule has 0 fully saturated rings. The van der Waals surface area contributed by atoms with Gasteiger partial charge in [0, 0.05) is 18.8 Å². The summed E-state index contributed by atoms with van der Waals surface area (Å²) >= 11 is 6.29. The molecule has 0 saturated heterocycles. The number of anilines is 3. The van der Waals surface area contributed by atoms with E-state index in [1.54, 1.807) is 26.1 Å². The maximum absolute atomic E-state index is 12.9. The smallest absolute Gasteiger partial charge is 0.330 e. The molecule has 0 atom stereocenters. The number of rotatable bonds is 7. The molecule has 0 aliphatic carbocycles. The number of hydrogen-bond acceptors (Lipinski definition) is 6. The fourth-order valence-corrected chi connectivity index (χ4v) is 4.02. The first kappa shape index (κ1) is 24.0. The Morgan fingerprint density at radius 1 is 1.14 bits per heavy atom. The average molecular weight is 490 g/mol. The Morgan fingerprint density at radius 3 is 2.69 bits per heavy atom. The van der Waals surface area contributed by atoms with E-state index in [4.69, 9.17) is 20.8 Å². The molecule has 0 aliphatic rings. The number of halogens is 1. The summed E-state index contributed by atoms with van der Waals surface area (Å²) in [5.74, 6) is -0.638. The molecule has 4 aromatic rings. The summed E-state index contributed by atoms with van der Waals surface area (Å²) in [5, 5.41) is 5.56. The molecule has 8 heteroatoms. The molecular formula is C27H24ClN3O4. The van der Waals surface area contributed by atoms with Gasteiger partial charge in [-0.15, -0.1) is 0 Å². The fourth-order valence-electron chi connectivity index (χ4n) is 3.67. The number of benzene rings is 3. The Kier molecular flexibility index (Phi) is 7.17. The molecule has 0 unspecified atom stereocenters. The molecule has 3 aromatic carbocycles. The van der Waals surface area contributed by atoms with Gasteiger partial charge in [0.2, 0.25) is 5.76 Å². The van der Waals surface area contributed by atoms with E-state index in [0.29, 0.717) is 17.3 Å². The number of amides is 1. The predicted molar refractivity (Wildman–Crippen MR) is 138 cm³/mol. The van der Waals surface area contributed by atoms with E-state index in [-0.39, 0.29) is 23.7 Å². The van der Waals surface area contributed by atoms with E-state index in [0.717, 1.165) is 27.6 Å². The molecule has 1 aromatic heterocycles. The largest absolute Gasteiger partial charge is 0.463 e. The van der Waals surface area contributed by atoms with Crippen LogP contribution in [0.4, 0.5) is 17.4 Å². The van der Waals surface area contributed by atoms with Crippen LogP contribution in [0.1, 0.15) is 28.6 Å². The normalized spacial score (nSPS) is 11.1. The van der Waals surface area contributed by atoms with Crippen molar-refractivity contribution in [3.8, 4) is 0 Å². The zero-order valence-corrected chi connectivity index (χ0v) is 20.3. The Bertz CT molecular complexity index is 1410. The third-order valence-corrected chi connectivity index (χ3v) is 5.66.